The van der Waals surface area contributed by atoms with Crippen molar-refractivity contribution >= 4 is 17.3 Å². The number of aromatic nitrogens is 1. The van der Waals surface area contributed by atoms with E-state index < -0.39 is 23.1 Å². The summed E-state index contributed by atoms with van der Waals surface area (Å²) in [6, 6.07) is 6.15. The van der Waals surface area contributed by atoms with Crippen LogP contribution >= 0.6 is 11.3 Å². The van der Waals surface area contributed by atoms with Crippen LogP contribution in [-0.4, -0.2) is 39.7 Å². The maximum atomic E-state index is 14.9. The normalized spacial score (nSPS) is 24.6. The minimum atomic E-state index is -1.34. The molecule has 184 valence electrons. The molecular weight excluding hydrogens is 458 g/mol. The molecule has 0 amide bonds. The lowest BCUT2D eigenvalue weighted by Gasteiger charge is -2.48. The van der Waals surface area contributed by atoms with E-state index in [1.54, 1.807) is 18.3 Å². The molecule has 2 heterocycles. The molecule has 2 atom stereocenters. The fraction of sp³-hybridized carbons (Fsp3) is 0.538. The molecule has 1 N–H and O–H groups in total. The number of ether oxygens (including phenoxy) is 1. The highest BCUT2D eigenvalue weighted by Crippen LogP contribution is 2.53. The molecule has 0 bridgehead atoms. The molecule has 0 spiro atoms. The van der Waals surface area contributed by atoms with E-state index >= 15 is 0 Å². The van der Waals surface area contributed by atoms with Crippen LogP contribution in [0.15, 0.2) is 43.1 Å². The Morgan fingerprint density at radius 1 is 1.35 bits per heavy atom. The summed E-state index contributed by atoms with van der Waals surface area (Å²) in [7, 11) is 0. The van der Waals surface area contributed by atoms with Crippen molar-refractivity contribution in [3.63, 3.8) is 0 Å². The van der Waals surface area contributed by atoms with Gasteiger partial charge in [0.25, 0.3) is 6.01 Å². The molecule has 2 fully saturated rings. The number of rotatable bonds is 8. The molecule has 1 saturated carbocycles. The van der Waals surface area contributed by atoms with Crippen molar-refractivity contribution in [2.75, 3.05) is 13.1 Å². The highest BCUT2D eigenvalue weighted by atomic mass is 32.1. The van der Waals surface area contributed by atoms with Crippen LogP contribution in [0.3, 0.4) is 0 Å². The fourth-order valence-electron chi connectivity index (χ4n) is 4.96. The van der Waals surface area contributed by atoms with E-state index in [2.05, 4.69) is 37.2 Å². The molecule has 1 aromatic heterocycles. The van der Waals surface area contributed by atoms with Gasteiger partial charge in [0.15, 0.2) is 0 Å². The van der Waals surface area contributed by atoms with Crippen LogP contribution in [0.5, 0.6) is 5.75 Å². The second kappa shape index (κ2) is 9.04. The molecule has 4 rings (SSSR count). The van der Waals surface area contributed by atoms with Gasteiger partial charge >= 0.3 is 5.97 Å². The number of carboxylic acids is 1. The van der Waals surface area contributed by atoms with E-state index in [0.29, 0.717) is 48.7 Å². The number of aliphatic carboxylic acids is 1. The Morgan fingerprint density at radius 3 is 2.68 bits per heavy atom. The number of halogens is 2. The van der Waals surface area contributed by atoms with Crippen LogP contribution in [0.2, 0.25) is 0 Å². The van der Waals surface area contributed by atoms with Gasteiger partial charge in [-0.2, -0.15) is 4.39 Å². The van der Waals surface area contributed by atoms with Gasteiger partial charge in [-0.05, 0) is 55.7 Å². The van der Waals surface area contributed by atoms with Gasteiger partial charge in [-0.1, -0.05) is 32.9 Å². The van der Waals surface area contributed by atoms with Gasteiger partial charge in [-0.15, -0.1) is 11.3 Å². The van der Waals surface area contributed by atoms with Gasteiger partial charge < -0.3 is 9.84 Å². The summed E-state index contributed by atoms with van der Waals surface area (Å²) in [5, 5.41) is 10.9. The highest BCUT2D eigenvalue weighted by Gasteiger charge is 2.56. The molecule has 34 heavy (non-hydrogen) atoms. The second-order valence-corrected chi connectivity index (χ2v) is 12.1. The molecule has 0 radical (unpaired) electrons. The Kier molecular flexibility index (Phi) is 6.59. The average molecular weight is 491 g/mol. The molecule has 1 aromatic carbocycles. The van der Waals surface area contributed by atoms with Crippen molar-refractivity contribution in [3.05, 3.63) is 47.9 Å². The predicted molar refractivity (Wildman–Crippen MR) is 129 cm³/mol. The summed E-state index contributed by atoms with van der Waals surface area (Å²) in [6.45, 7) is 11.1. The standard InChI is InChI=1S/C26H32F2N2O3S/c1-17(27)33-21-8-6-5-7-20(21)22-29-12-19(34-22)14-30-13-18(24(2,3)4)11-25(16-30,23(31)32)15-26(28)9-10-26/h5-8,12,18H,1,9-11,13-16H2,2-4H3,(H,31,32)/t18?,25-/m0/s1. The fourth-order valence-corrected chi connectivity index (χ4v) is 5.95. The molecule has 1 aliphatic heterocycles. The third-order valence-corrected chi connectivity index (χ3v) is 8.05. The summed E-state index contributed by atoms with van der Waals surface area (Å²) >= 11 is 1.46. The number of carbonyl (C=O) groups is 1. The first-order chi connectivity index (χ1) is 15.9. The highest BCUT2D eigenvalue weighted by molar-refractivity contribution is 7.15. The van der Waals surface area contributed by atoms with Crippen LogP contribution in [0, 0.1) is 16.7 Å². The molecule has 8 heteroatoms. The van der Waals surface area contributed by atoms with Crippen molar-refractivity contribution in [2.45, 2.75) is 58.7 Å². The summed E-state index contributed by atoms with van der Waals surface area (Å²) in [5.74, 6) is -0.445. The van der Waals surface area contributed by atoms with Gasteiger partial charge in [0.2, 0.25) is 0 Å². The molecule has 2 aliphatic rings. The van der Waals surface area contributed by atoms with E-state index in [-0.39, 0.29) is 17.8 Å². The predicted octanol–water partition coefficient (Wildman–Crippen LogP) is 6.46. The number of thiazole rings is 1. The minimum absolute atomic E-state index is 0.0736. The average Bonchev–Trinajstić information content (AvgIpc) is 3.27. The molecular formula is C26H32F2N2O3S. The Labute approximate surface area is 203 Å². The van der Waals surface area contributed by atoms with Crippen LogP contribution < -0.4 is 4.74 Å². The maximum absolute atomic E-state index is 14.9. The summed E-state index contributed by atoms with van der Waals surface area (Å²) in [5.41, 5.74) is -1.88. The zero-order valence-electron chi connectivity index (χ0n) is 19.9. The Balaban J connectivity index is 1.58. The monoisotopic (exact) mass is 490 g/mol. The Hall–Kier alpha value is -2.32. The number of alkyl halides is 1. The Morgan fingerprint density at radius 2 is 2.06 bits per heavy atom. The summed E-state index contributed by atoms with van der Waals surface area (Å²) < 4.78 is 33.2. The van der Waals surface area contributed by atoms with E-state index in [4.69, 9.17) is 4.74 Å². The van der Waals surface area contributed by atoms with E-state index in [0.717, 1.165) is 11.4 Å². The number of para-hydroxylation sites is 1. The maximum Gasteiger partial charge on any atom is 0.311 e. The number of hydrogen-bond donors (Lipinski definition) is 1. The van der Waals surface area contributed by atoms with Crippen molar-refractivity contribution in [2.24, 2.45) is 16.7 Å². The van der Waals surface area contributed by atoms with Crippen LogP contribution in [0.1, 0.15) is 51.3 Å². The first-order valence-corrected chi connectivity index (χ1v) is 12.4. The van der Waals surface area contributed by atoms with Crippen LogP contribution in [0.25, 0.3) is 10.6 Å². The zero-order chi connectivity index (χ0) is 24.7. The first-order valence-electron chi connectivity index (χ1n) is 11.6. The van der Waals surface area contributed by atoms with Gasteiger partial charge in [0.05, 0.1) is 11.0 Å². The summed E-state index contributed by atoms with van der Waals surface area (Å²) in [4.78, 5) is 20.1. The third kappa shape index (κ3) is 5.49. The quantitative estimate of drug-likeness (QED) is 0.430. The number of nitrogens with zero attached hydrogens (tertiary/aromatic N) is 2. The number of benzene rings is 1. The Bertz CT molecular complexity index is 1080. The molecule has 5 nitrogen and oxygen atoms in total. The molecule has 1 aliphatic carbocycles. The minimum Gasteiger partial charge on any atom is -0.481 e. The van der Waals surface area contributed by atoms with Crippen molar-refractivity contribution in [3.8, 4) is 16.3 Å². The zero-order valence-corrected chi connectivity index (χ0v) is 20.8. The topological polar surface area (TPSA) is 62.7 Å². The number of piperidine rings is 1. The van der Waals surface area contributed by atoms with Gasteiger partial charge in [-0.25, -0.2) is 9.37 Å². The van der Waals surface area contributed by atoms with Gasteiger partial charge in [0.1, 0.15) is 16.4 Å². The van der Waals surface area contributed by atoms with E-state index in [1.165, 1.54) is 11.3 Å². The smallest absolute Gasteiger partial charge is 0.311 e. The largest absolute Gasteiger partial charge is 0.481 e. The molecule has 2 aromatic rings. The van der Waals surface area contributed by atoms with Crippen molar-refractivity contribution in [1.82, 2.24) is 9.88 Å². The SMILES string of the molecule is C=C(F)Oc1ccccc1-c1ncc(CN2CC(C(C)(C)C)C[C@@](CC3(F)CC3)(C(=O)O)C2)s1. The van der Waals surface area contributed by atoms with Crippen molar-refractivity contribution in [1.29, 1.82) is 0 Å². The van der Waals surface area contributed by atoms with Crippen LogP contribution in [0.4, 0.5) is 8.78 Å². The number of hydrogen-bond acceptors (Lipinski definition) is 5. The number of likely N-dealkylation sites (tertiary alicyclic amines) is 1. The lowest BCUT2D eigenvalue weighted by Crippen LogP contribution is -2.54. The first kappa shape index (κ1) is 24.8. The lowest BCUT2D eigenvalue weighted by molar-refractivity contribution is -0.158. The lowest BCUT2D eigenvalue weighted by atomic mass is 9.65. The van der Waals surface area contributed by atoms with Gasteiger partial charge in [-0.3, -0.25) is 9.69 Å². The molecule has 1 saturated heterocycles. The van der Waals surface area contributed by atoms with Gasteiger partial charge in [0, 0.05) is 30.7 Å². The summed E-state index contributed by atoms with van der Waals surface area (Å²) in [6.07, 6.45) is 3.23. The number of carboxylic acid groups (broad SMARTS) is 1. The second-order valence-electron chi connectivity index (χ2n) is 10.9. The van der Waals surface area contributed by atoms with E-state index in [1.807, 2.05) is 12.1 Å². The van der Waals surface area contributed by atoms with Crippen LogP contribution in [-0.2, 0) is 11.3 Å². The van der Waals surface area contributed by atoms with E-state index in [9.17, 15) is 18.7 Å². The third-order valence-electron chi connectivity index (χ3n) is 7.04. The molecule has 1 unspecified atom stereocenters. The van der Waals surface area contributed by atoms with Crippen molar-refractivity contribution < 1.29 is 23.4 Å².